The number of amides is 2. The predicted molar refractivity (Wildman–Crippen MR) is 106 cm³/mol. The largest absolute Gasteiger partial charge is 0.326 e. The average molecular weight is 369 g/mol. The molecule has 1 heterocycles. The minimum absolute atomic E-state index is 0.117. The Bertz CT molecular complexity index is 776. The summed E-state index contributed by atoms with van der Waals surface area (Å²) in [5.41, 5.74) is 4.96. The summed E-state index contributed by atoms with van der Waals surface area (Å²) in [5.74, 6) is 0.0426. The minimum atomic E-state index is -0.212. The van der Waals surface area contributed by atoms with Gasteiger partial charge < -0.3 is 5.32 Å². The summed E-state index contributed by atoms with van der Waals surface area (Å²) in [4.78, 5) is 24.8. The Balaban J connectivity index is 1.57. The zero-order chi connectivity index (χ0) is 18.4. The SMILES string of the molecule is C/C(=N\NC(=O)c1cccs1)c1ccc(NC(=O)C2CCCCC2)cc1. The summed E-state index contributed by atoms with van der Waals surface area (Å²) in [7, 11) is 0. The van der Waals surface area contributed by atoms with Crippen molar-refractivity contribution in [2.45, 2.75) is 39.0 Å². The van der Waals surface area contributed by atoms with E-state index in [4.69, 9.17) is 0 Å². The molecule has 0 unspecified atom stereocenters. The minimum Gasteiger partial charge on any atom is -0.326 e. The second-order valence-corrected chi connectivity index (χ2v) is 7.46. The Morgan fingerprint density at radius 1 is 1.08 bits per heavy atom. The summed E-state index contributed by atoms with van der Waals surface area (Å²) in [5, 5.41) is 9.00. The molecule has 3 rings (SSSR count). The molecule has 136 valence electrons. The molecular formula is C20H23N3O2S. The highest BCUT2D eigenvalue weighted by molar-refractivity contribution is 7.12. The number of nitrogens with one attached hydrogen (secondary N) is 2. The van der Waals surface area contributed by atoms with Gasteiger partial charge in [-0.05, 0) is 48.9 Å². The molecule has 0 spiro atoms. The van der Waals surface area contributed by atoms with E-state index in [-0.39, 0.29) is 17.7 Å². The number of hydrogen-bond acceptors (Lipinski definition) is 4. The molecule has 6 heteroatoms. The van der Waals surface area contributed by atoms with Gasteiger partial charge in [-0.1, -0.05) is 37.5 Å². The number of thiophene rings is 1. The number of carbonyl (C=O) groups excluding carboxylic acids is 2. The van der Waals surface area contributed by atoms with Crippen LogP contribution in [0.25, 0.3) is 0 Å². The first-order chi connectivity index (χ1) is 12.6. The smallest absolute Gasteiger partial charge is 0.281 e. The van der Waals surface area contributed by atoms with Gasteiger partial charge in [0.25, 0.3) is 5.91 Å². The van der Waals surface area contributed by atoms with Crippen molar-refractivity contribution in [1.29, 1.82) is 0 Å². The van der Waals surface area contributed by atoms with E-state index >= 15 is 0 Å². The van der Waals surface area contributed by atoms with Crippen molar-refractivity contribution in [3.63, 3.8) is 0 Å². The lowest BCUT2D eigenvalue weighted by Gasteiger charge is -2.20. The molecule has 1 aromatic heterocycles. The van der Waals surface area contributed by atoms with Crippen LogP contribution in [0.3, 0.4) is 0 Å². The molecule has 1 aliphatic carbocycles. The van der Waals surface area contributed by atoms with Gasteiger partial charge in [0.05, 0.1) is 10.6 Å². The monoisotopic (exact) mass is 369 g/mol. The van der Waals surface area contributed by atoms with E-state index in [0.717, 1.165) is 36.9 Å². The molecule has 0 bridgehead atoms. The van der Waals surface area contributed by atoms with E-state index in [2.05, 4.69) is 15.8 Å². The summed E-state index contributed by atoms with van der Waals surface area (Å²) in [6.45, 7) is 1.84. The number of hydrazone groups is 1. The molecule has 0 atom stereocenters. The molecule has 2 aromatic rings. The Morgan fingerprint density at radius 2 is 1.81 bits per heavy atom. The molecule has 0 aliphatic heterocycles. The standard InChI is InChI=1S/C20H23N3O2S/c1-14(22-23-20(25)18-8-5-13-26-18)15-9-11-17(12-10-15)21-19(24)16-6-3-2-4-7-16/h5,8-13,16H,2-4,6-7H2,1H3,(H,21,24)(H,23,25)/b22-14+. The Hall–Kier alpha value is -2.47. The number of rotatable bonds is 5. The maximum atomic E-state index is 12.3. The van der Waals surface area contributed by atoms with Crippen molar-refractivity contribution < 1.29 is 9.59 Å². The quantitative estimate of drug-likeness (QED) is 0.605. The van der Waals surface area contributed by atoms with E-state index in [0.29, 0.717) is 10.6 Å². The topological polar surface area (TPSA) is 70.6 Å². The van der Waals surface area contributed by atoms with Crippen LogP contribution in [0.5, 0.6) is 0 Å². The third-order valence-corrected chi connectivity index (χ3v) is 5.48. The van der Waals surface area contributed by atoms with E-state index < -0.39 is 0 Å². The zero-order valence-corrected chi connectivity index (χ0v) is 15.6. The van der Waals surface area contributed by atoms with Crippen molar-refractivity contribution in [2.24, 2.45) is 11.0 Å². The summed E-state index contributed by atoms with van der Waals surface area (Å²) < 4.78 is 0. The normalized spacial score (nSPS) is 15.5. The second kappa shape index (κ2) is 8.76. The van der Waals surface area contributed by atoms with Crippen LogP contribution >= 0.6 is 11.3 Å². The highest BCUT2D eigenvalue weighted by Gasteiger charge is 2.20. The predicted octanol–water partition coefficient (Wildman–Crippen LogP) is 4.42. The van der Waals surface area contributed by atoms with Crippen molar-refractivity contribution in [3.05, 3.63) is 52.2 Å². The van der Waals surface area contributed by atoms with Crippen LogP contribution in [0.4, 0.5) is 5.69 Å². The fourth-order valence-corrected chi connectivity index (χ4v) is 3.68. The lowest BCUT2D eigenvalue weighted by atomic mass is 9.88. The molecule has 2 N–H and O–H groups in total. The van der Waals surface area contributed by atoms with Crippen molar-refractivity contribution in [1.82, 2.24) is 5.43 Å². The lowest BCUT2D eigenvalue weighted by Crippen LogP contribution is -2.24. The van der Waals surface area contributed by atoms with Gasteiger partial charge in [-0.25, -0.2) is 5.43 Å². The van der Waals surface area contributed by atoms with Gasteiger partial charge >= 0.3 is 0 Å². The maximum absolute atomic E-state index is 12.3. The third kappa shape index (κ3) is 4.79. The zero-order valence-electron chi connectivity index (χ0n) is 14.8. The van der Waals surface area contributed by atoms with Crippen molar-refractivity contribution >= 4 is 34.6 Å². The number of anilines is 1. The maximum Gasteiger partial charge on any atom is 0.281 e. The number of carbonyl (C=O) groups is 2. The number of hydrogen-bond donors (Lipinski definition) is 2. The Morgan fingerprint density at radius 3 is 2.46 bits per heavy atom. The van der Waals surface area contributed by atoms with Crippen molar-refractivity contribution in [3.8, 4) is 0 Å². The van der Waals surface area contributed by atoms with E-state index in [1.54, 1.807) is 6.07 Å². The van der Waals surface area contributed by atoms with Gasteiger partial charge in [0.1, 0.15) is 0 Å². The summed E-state index contributed by atoms with van der Waals surface area (Å²) in [6.07, 6.45) is 5.49. The van der Waals surface area contributed by atoms with Crippen LogP contribution in [0, 0.1) is 5.92 Å². The van der Waals surface area contributed by atoms with Crippen molar-refractivity contribution in [2.75, 3.05) is 5.32 Å². The van der Waals surface area contributed by atoms with Gasteiger partial charge in [0.15, 0.2) is 0 Å². The molecule has 1 saturated carbocycles. The molecule has 2 amide bonds. The van der Waals surface area contributed by atoms with Crippen LogP contribution in [0.15, 0.2) is 46.9 Å². The van der Waals surface area contributed by atoms with Gasteiger partial charge in [-0.2, -0.15) is 5.10 Å². The van der Waals surface area contributed by atoms with E-state index in [1.807, 2.05) is 42.6 Å². The van der Waals surface area contributed by atoms with E-state index in [9.17, 15) is 9.59 Å². The summed E-state index contributed by atoms with van der Waals surface area (Å²) >= 11 is 1.38. The first-order valence-electron chi connectivity index (χ1n) is 8.93. The Labute approximate surface area is 157 Å². The third-order valence-electron chi connectivity index (χ3n) is 4.62. The van der Waals surface area contributed by atoms with Gasteiger partial charge in [-0.3, -0.25) is 9.59 Å². The fraction of sp³-hybridized carbons (Fsp3) is 0.350. The van der Waals surface area contributed by atoms with Crippen LogP contribution in [-0.4, -0.2) is 17.5 Å². The molecule has 1 aliphatic rings. The first kappa shape index (κ1) is 18.3. The van der Waals surface area contributed by atoms with E-state index in [1.165, 1.54) is 17.8 Å². The van der Waals surface area contributed by atoms with Crippen LogP contribution in [-0.2, 0) is 4.79 Å². The highest BCUT2D eigenvalue weighted by atomic mass is 32.1. The summed E-state index contributed by atoms with van der Waals surface area (Å²) in [6, 6.07) is 11.1. The molecule has 26 heavy (non-hydrogen) atoms. The Kier molecular flexibility index (Phi) is 6.17. The van der Waals surface area contributed by atoms with Gasteiger partial charge in [0.2, 0.25) is 5.91 Å². The van der Waals surface area contributed by atoms with Crippen LogP contribution < -0.4 is 10.7 Å². The fourth-order valence-electron chi connectivity index (χ4n) is 3.07. The molecule has 5 nitrogen and oxygen atoms in total. The lowest BCUT2D eigenvalue weighted by molar-refractivity contribution is -0.120. The van der Waals surface area contributed by atoms with Gasteiger partial charge in [-0.15, -0.1) is 11.3 Å². The number of nitrogens with zero attached hydrogens (tertiary/aromatic N) is 1. The first-order valence-corrected chi connectivity index (χ1v) is 9.81. The molecule has 1 aromatic carbocycles. The highest BCUT2D eigenvalue weighted by Crippen LogP contribution is 2.25. The molecule has 0 saturated heterocycles. The van der Waals surface area contributed by atoms with Crippen LogP contribution in [0.2, 0.25) is 0 Å². The molecular weight excluding hydrogens is 346 g/mol. The number of benzene rings is 1. The van der Waals surface area contributed by atoms with Gasteiger partial charge in [0, 0.05) is 11.6 Å². The van der Waals surface area contributed by atoms with Crippen LogP contribution in [0.1, 0.15) is 54.3 Å². The molecule has 1 fully saturated rings. The second-order valence-electron chi connectivity index (χ2n) is 6.52. The molecule has 0 radical (unpaired) electrons. The average Bonchev–Trinajstić information content (AvgIpc) is 3.22.